The Morgan fingerprint density at radius 3 is 2.74 bits per heavy atom. The van der Waals surface area contributed by atoms with E-state index in [2.05, 4.69) is 20.9 Å². The van der Waals surface area contributed by atoms with Crippen molar-refractivity contribution in [1.29, 1.82) is 0 Å². The number of anilines is 1. The fourth-order valence-electron chi connectivity index (χ4n) is 3.12. The molecule has 3 rings (SSSR count). The van der Waals surface area contributed by atoms with Crippen LogP contribution in [0.1, 0.15) is 12.6 Å². The van der Waals surface area contributed by atoms with E-state index in [4.69, 9.17) is 15.4 Å². The first-order valence-electron chi connectivity index (χ1n) is 8.84. The molecule has 2 amide bonds. The summed E-state index contributed by atoms with van der Waals surface area (Å²) in [7, 11) is 2.69. The lowest BCUT2D eigenvalue weighted by Crippen LogP contribution is -2.71. The standard InChI is InChI=1S/C17H20N6O6S2/c1-7-8(4-5-19-28-2)12(16(26)27)23-14(25)11(15(23)31-7)21-13(24)10(22-29-3)9-6-30-17(18)20-9/h4-7,11,15,19H,1-3H3,(H2,18,20)(H,21,24)(H,26,27)/t7-,11?,15+/m1/s1. The second kappa shape index (κ2) is 9.36. The number of thioether (sulfide) groups is 1. The summed E-state index contributed by atoms with van der Waals surface area (Å²) >= 11 is 2.47. The summed E-state index contributed by atoms with van der Waals surface area (Å²) in [6.07, 6.45) is 2.97. The van der Waals surface area contributed by atoms with E-state index < -0.39 is 29.2 Å². The number of carboxylic acid groups (broad SMARTS) is 1. The largest absolute Gasteiger partial charge is 0.477 e. The van der Waals surface area contributed by atoms with Crippen LogP contribution in [0.5, 0.6) is 0 Å². The molecule has 3 heterocycles. The third-order valence-electron chi connectivity index (χ3n) is 4.44. The lowest BCUT2D eigenvalue weighted by Gasteiger charge is -2.50. The van der Waals surface area contributed by atoms with E-state index in [0.29, 0.717) is 5.57 Å². The highest BCUT2D eigenvalue weighted by atomic mass is 32.2. The second-order valence-corrected chi connectivity index (χ2v) is 8.64. The van der Waals surface area contributed by atoms with Crippen LogP contribution in [-0.2, 0) is 24.1 Å². The van der Waals surface area contributed by atoms with Gasteiger partial charge in [-0.1, -0.05) is 5.16 Å². The van der Waals surface area contributed by atoms with Crippen LogP contribution in [0, 0.1) is 0 Å². The molecule has 31 heavy (non-hydrogen) atoms. The van der Waals surface area contributed by atoms with Gasteiger partial charge in [-0.2, -0.15) is 0 Å². The quantitative estimate of drug-likeness (QED) is 0.229. The monoisotopic (exact) mass is 468 g/mol. The van der Waals surface area contributed by atoms with Gasteiger partial charge in [0.2, 0.25) is 0 Å². The van der Waals surface area contributed by atoms with Gasteiger partial charge in [-0.3, -0.25) is 24.8 Å². The summed E-state index contributed by atoms with van der Waals surface area (Å²) in [5.74, 6) is -2.48. The van der Waals surface area contributed by atoms with Gasteiger partial charge in [0, 0.05) is 16.8 Å². The number of nitrogen functional groups attached to an aromatic ring is 1. The number of thiazole rings is 1. The van der Waals surface area contributed by atoms with Gasteiger partial charge in [-0.15, -0.1) is 23.1 Å². The number of aliphatic carboxylic acids is 1. The van der Waals surface area contributed by atoms with Crippen molar-refractivity contribution in [3.63, 3.8) is 0 Å². The fourth-order valence-corrected chi connectivity index (χ4v) is 5.10. The van der Waals surface area contributed by atoms with Crippen LogP contribution in [0.15, 0.2) is 34.1 Å². The first-order valence-corrected chi connectivity index (χ1v) is 10.7. The van der Waals surface area contributed by atoms with E-state index >= 15 is 0 Å². The maximum Gasteiger partial charge on any atom is 0.352 e. The second-order valence-electron chi connectivity index (χ2n) is 6.29. The molecule has 0 spiro atoms. The number of nitrogens with one attached hydrogen (secondary N) is 2. The number of nitrogens with two attached hydrogens (primary N) is 1. The molecule has 2 aliphatic rings. The Kier molecular flexibility index (Phi) is 6.82. The Morgan fingerprint density at radius 1 is 1.42 bits per heavy atom. The molecule has 3 atom stereocenters. The summed E-state index contributed by atoms with van der Waals surface area (Å²) in [5, 5.41) is 16.9. The number of oxime groups is 1. The molecule has 1 fully saturated rings. The summed E-state index contributed by atoms with van der Waals surface area (Å²) in [6.45, 7) is 1.81. The number of hydrogen-bond acceptors (Lipinski definition) is 11. The molecule has 1 unspecified atom stereocenters. The predicted octanol–water partition coefficient (Wildman–Crippen LogP) is -0.132. The Labute approximate surface area is 185 Å². The highest BCUT2D eigenvalue weighted by molar-refractivity contribution is 8.00. The zero-order valence-electron chi connectivity index (χ0n) is 16.7. The van der Waals surface area contributed by atoms with Gasteiger partial charge in [-0.05, 0) is 18.6 Å². The Balaban J connectivity index is 1.83. The van der Waals surface area contributed by atoms with Crippen molar-refractivity contribution in [3.05, 3.63) is 34.6 Å². The highest BCUT2D eigenvalue weighted by Crippen LogP contribution is 2.44. The number of hydroxylamine groups is 1. The molecule has 1 saturated heterocycles. The molecular formula is C17H20N6O6S2. The van der Waals surface area contributed by atoms with Gasteiger partial charge in [-0.25, -0.2) is 9.78 Å². The minimum Gasteiger partial charge on any atom is -0.477 e. The summed E-state index contributed by atoms with van der Waals surface area (Å²) in [4.78, 5) is 52.1. The Morgan fingerprint density at radius 2 is 2.16 bits per heavy atom. The van der Waals surface area contributed by atoms with Crippen molar-refractivity contribution >= 4 is 51.7 Å². The lowest BCUT2D eigenvalue weighted by molar-refractivity contribution is -0.150. The molecule has 5 N–H and O–H groups in total. The van der Waals surface area contributed by atoms with Crippen LogP contribution >= 0.6 is 23.1 Å². The van der Waals surface area contributed by atoms with Crippen LogP contribution in [0.4, 0.5) is 5.13 Å². The fraction of sp³-hybridized carbons (Fsp3) is 0.353. The van der Waals surface area contributed by atoms with Crippen molar-refractivity contribution < 1.29 is 29.2 Å². The normalized spacial score (nSPS) is 23.5. The maximum atomic E-state index is 12.8. The van der Waals surface area contributed by atoms with Gasteiger partial charge in [0.05, 0.1) is 7.11 Å². The van der Waals surface area contributed by atoms with Crippen LogP contribution in [0.25, 0.3) is 0 Å². The highest BCUT2D eigenvalue weighted by Gasteiger charge is 2.55. The molecule has 0 saturated carbocycles. The van der Waals surface area contributed by atoms with Gasteiger partial charge in [0.1, 0.15) is 29.9 Å². The Bertz CT molecular complexity index is 990. The number of amides is 2. The Hall–Kier alpha value is -3.10. The number of fused-ring (bicyclic) bond motifs is 1. The molecule has 1 aromatic rings. The summed E-state index contributed by atoms with van der Waals surface area (Å²) < 4.78 is 0. The third-order valence-corrected chi connectivity index (χ3v) is 6.54. The number of carboxylic acids is 1. The number of carbonyl (C=O) groups is 3. The van der Waals surface area contributed by atoms with Crippen LogP contribution in [-0.4, -0.2) is 69.4 Å². The predicted molar refractivity (Wildman–Crippen MR) is 114 cm³/mol. The average Bonchev–Trinajstić information content (AvgIpc) is 3.16. The minimum atomic E-state index is -1.24. The van der Waals surface area contributed by atoms with Crippen LogP contribution in [0.3, 0.4) is 0 Å². The number of aromatic nitrogens is 1. The topological polar surface area (TPSA) is 168 Å². The van der Waals surface area contributed by atoms with E-state index in [9.17, 15) is 19.5 Å². The molecular weight excluding hydrogens is 448 g/mol. The number of carbonyl (C=O) groups excluding carboxylic acids is 2. The number of allylic oxidation sites excluding steroid dienone is 1. The zero-order valence-corrected chi connectivity index (χ0v) is 18.3. The molecule has 0 radical (unpaired) electrons. The molecule has 12 nitrogen and oxygen atoms in total. The van der Waals surface area contributed by atoms with Crippen LogP contribution < -0.4 is 16.5 Å². The van der Waals surface area contributed by atoms with Crippen molar-refractivity contribution in [2.75, 3.05) is 20.0 Å². The molecule has 14 heteroatoms. The molecule has 2 aliphatic heterocycles. The molecule has 0 bridgehead atoms. The first kappa shape index (κ1) is 22.6. The van der Waals surface area contributed by atoms with Crippen molar-refractivity contribution in [2.45, 2.75) is 23.6 Å². The zero-order chi connectivity index (χ0) is 22.7. The third kappa shape index (κ3) is 4.35. The minimum absolute atomic E-state index is 0.140. The van der Waals surface area contributed by atoms with E-state index in [0.717, 1.165) is 11.3 Å². The molecule has 1 aromatic heterocycles. The number of β-lactam (4-membered cyclic amide) rings is 1. The number of hydrogen-bond donors (Lipinski definition) is 4. The van der Waals surface area contributed by atoms with Crippen molar-refractivity contribution in [3.8, 4) is 0 Å². The maximum absolute atomic E-state index is 12.8. The van der Waals surface area contributed by atoms with Crippen LogP contribution in [0.2, 0.25) is 0 Å². The van der Waals surface area contributed by atoms with E-state index in [-0.39, 0.29) is 27.5 Å². The summed E-state index contributed by atoms with van der Waals surface area (Å²) in [5.41, 5.74) is 8.47. The van der Waals surface area contributed by atoms with Gasteiger partial charge in [0.25, 0.3) is 11.8 Å². The lowest BCUT2D eigenvalue weighted by atomic mass is 10.0. The molecule has 0 aliphatic carbocycles. The average molecular weight is 469 g/mol. The number of rotatable bonds is 8. The molecule has 0 aromatic carbocycles. The molecule has 166 valence electrons. The summed E-state index contributed by atoms with van der Waals surface area (Å²) in [6, 6.07) is -0.935. The van der Waals surface area contributed by atoms with E-state index in [1.165, 1.54) is 48.5 Å². The van der Waals surface area contributed by atoms with Gasteiger partial charge < -0.3 is 21.0 Å². The first-order chi connectivity index (χ1) is 14.8. The smallest absolute Gasteiger partial charge is 0.352 e. The van der Waals surface area contributed by atoms with Crippen molar-refractivity contribution in [1.82, 2.24) is 20.7 Å². The van der Waals surface area contributed by atoms with E-state index in [1.807, 2.05) is 6.92 Å². The van der Waals surface area contributed by atoms with E-state index in [1.54, 1.807) is 0 Å². The number of nitrogens with zero attached hydrogens (tertiary/aromatic N) is 3. The van der Waals surface area contributed by atoms with Crippen molar-refractivity contribution in [2.24, 2.45) is 5.16 Å². The van der Waals surface area contributed by atoms with Gasteiger partial charge in [0.15, 0.2) is 10.8 Å². The SMILES string of the molecule is CON=C(C(=O)NC1C(=O)N2C(C(=O)O)=C(C=CNOC)[C@@H](C)S[C@@H]12)c1csc(N)n1. The van der Waals surface area contributed by atoms with Gasteiger partial charge >= 0.3 is 5.97 Å².